The number of benzene rings is 1. The molecule has 2 rings (SSSR count). The molecule has 0 saturated heterocycles. The van der Waals surface area contributed by atoms with Gasteiger partial charge < -0.3 is 16.2 Å². The maximum absolute atomic E-state index is 9.78. The van der Waals surface area contributed by atoms with E-state index in [1.807, 2.05) is 12.1 Å². The molecule has 1 aromatic carbocycles. The Kier molecular flexibility index (Phi) is 7.38. The van der Waals surface area contributed by atoms with Gasteiger partial charge in [-0.3, -0.25) is 9.89 Å². The van der Waals surface area contributed by atoms with Crippen LogP contribution in [0.25, 0.3) is 5.70 Å². The Morgan fingerprint density at radius 3 is 2.60 bits per heavy atom. The average Bonchev–Trinajstić information content (AvgIpc) is 2.60. The van der Waals surface area contributed by atoms with Crippen LogP contribution in [0.3, 0.4) is 0 Å². The third-order valence-corrected chi connectivity index (χ3v) is 4.57. The van der Waals surface area contributed by atoms with Crippen molar-refractivity contribution in [1.29, 1.82) is 0 Å². The van der Waals surface area contributed by atoms with Crippen molar-refractivity contribution in [3.63, 3.8) is 0 Å². The Morgan fingerprint density at radius 1 is 1.36 bits per heavy atom. The predicted molar refractivity (Wildman–Crippen MR) is 108 cm³/mol. The molecule has 0 fully saturated rings. The highest BCUT2D eigenvalue weighted by atomic mass is 79.9. The smallest absolute Gasteiger partial charge is 0.130 e. The Hall–Kier alpha value is -1.47. The molecule has 6 heteroatoms. The second-order valence-electron chi connectivity index (χ2n) is 6.27. The molecule has 136 valence electrons. The van der Waals surface area contributed by atoms with Gasteiger partial charge in [0.1, 0.15) is 5.84 Å². The molecule has 2 unspecified atom stereocenters. The van der Waals surface area contributed by atoms with Crippen molar-refractivity contribution >= 4 is 27.5 Å². The lowest BCUT2D eigenvalue weighted by molar-refractivity contribution is 0.192. The minimum absolute atomic E-state index is 0.119. The lowest BCUT2D eigenvalue weighted by Crippen LogP contribution is -2.41. The maximum atomic E-state index is 9.78. The van der Waals surface area contributed by atoms with E-state index in [4.69, 9.17) is 5.73 Å². The Bertz CT molecular complexity index is 665. The summed E-state index contributed by atoms with van der Waals surface area (Å²) in [6, 6.07) is 8.30. The van der Waals surface area contributed by atoms with Gasteiger partial charge in [0, 0.05) is 22.3 Å². The first-order valence-corrected chi connectivity index (χ1v) is 9.29. The van der Waals surface area contributed by atoms with Crippen LogP contribution in [0.5, 0.6) is 0 Å². The fraction of sp³-hybridized carbons (Fsp3) is 0.421. The molecule has 0 bridgehead atoms. The number of aliphatic hydroxyl groups excluding tert-OH is 1. The number of allylic oxidation sites excluding steroid dienone is 1. The van der Waals surface area contributed by atoms with Crippen LogP contribution >= 0.6 is 15.9 Å². The molecular formula is C19H27BrN4O. The number of nitrogens with zero attached hydrogens (tertiary/aromatic N) is 2. The number of nitrogens with two attached hydrogens (primary N) is 1. The minimum Gasteiger partial charge on any atom is -0.390 e. The zero-order valence-corrected chi connectivity index (χ0v) is 16.6. The van der Waals surface area contributed by atoms with Gasteiger partial charge in [0.05, 0.1) is 18.7 Å². The number of hydrogen-bond donors (Lipinski definition) is 3. The number of rotatable bonds is 6. The molecule has 2 atom stereocenters. The molecule has 0 aliphatic carbocycles. The highest BCUT2D eigenvalue weighted by molar-refractivity contribution is 9.10. The van der Waals surface area contributed by atoms with Gasteiger partial charge in [-0.2, -0.15) is 0 Å². The molecule has 1 heterocycles. The molecule has 25 heavy (non-hydrogen) atoms. The van der Waals surface area contributed by atoms with E-state index in [0.29, 0.717) is 0 Å². The summed E-state index contributed by atoms with van der Waals surface area (Å²) in [5.74, 6) is 0.800. The summed E-state index contributed by atoms with van der Waals surface area (Å²) in [5, 5.41) is 13.2. The summed E-state index contributed by atoms with van der Waals surface area (Å²) in [7, 11) is 4.11. The molecule has 1 aromatic rings. The lowest BCUT2D eigenvalue weighted by atomic mass is 9.96. The monoisotopic (exact) mass is 406 g/mol. The molecule has 0 amide bonds. The van der Waals surface area contributed by atoms with E-state index in [1.165, 1.54) is 0 Å². The molecule has 5 nitrogen and oxygen atoms in total. The maximum Gasteiger partial charge on any atom is 0.130 e. The van der Waals surface area contributed by atoms with Crippen LogP contribution in [0.15, 0.2) is 51.5 Å². The van der Waals surface area contributed by atoms with Gasteiger partial charge in [-0.15, -0.1) is 0 Å². The number of amidine groups is 1. The van der Waals surface area contributed by atoms with E-state index in [-0.39, 0.29) is 19.1 Å². The Balaban J connectivity index is 2.43. The largest absolute Gasteiger partial charge is 0.390 e. The number of likely N-dealkylation sites (N-methyl/N-ethyl adjacent to an activating group) is 1. The first-order chi connectivity index (χ1) is 12.0. The van der Waals surface area contributed by atoms with Crippen LogP contribution in [-0.4, -0.2) is 55.2 Å². The Labute approximate surface area is 158 Å². The van der Waals surface area contributed by atoms with Crippen LogP contribution in [0.1, 0.15) is 18.9 Å². The van der Waals surface area contributed by atoms with Crippen LogP contribution in [0, 0.1) is 0 Å². The molecule has 1 aliphatic rings. The van der Waals surface area contributed by atoms with E-state index >= 15 is 0 Å². The molecule has 0 spiro atoms. The Morgan fingerprint density at radius 2 is 2.04 bits per heavy atom. The first kappa shape index (κ1) is 19.8. The van der Waals surface area contributed by atoms with Crippen molar-refractivity contribution in [2.24, 2.45) is 10.7 Å². The van der Waals surface area contributed by atoms with Gasteiger partial charge >= 0.3 is 0 Å². The van der Waals surface area contributed by atoms with Crippen molar-refractivity contribution in [2.75, 3.05) is 27.2 Å². The second-order valence-corrected chi connectivity index (χ2v) is 7.18. The molecule has 0 radical (unpaired) electrons. The van der Waals surface area contributed by atoms with E-state index < -0.39 is 6.10 Å². The van der Waals surface area contributed by atoms with Crippen LogP contribution in [0.4, 0.5) is 0 Å². The standard InChI is InChI=1S/C19H27BrN4O/c1-4-5-16-18(24(2)3)10-17(13-6-8-14(20)9-7-13)23-19(16)22-12-15(25)11-21/h5-10,15,18,25H,4,11-12,21H2,1-3H3,(H,22,23)/b16-5+. The van der Waals surface area contributed by atoms with Crippen LogP contribution in [0.2, 0.25) is 0 Å². The summed E-state index contributed by atoms with van der Waals surface area (Å²) < 4.78 is 1.04. The van der Waals surface area contributed by atoms with E-state index in [2.05, 4.69) is 76.4 Å². The third kappa shape index (κ3) is 5.25. The molecular weight excluding hydrogens is 380 g/mol. The van der Waals surface area contributed by atoms with E-state index in [1.54, 1.807) is 0 Å². The topological polar surface area (TPSA) is 73.9 Å². The van der Waals surface area contributed by atoms with Gasteiger partial charge in [0.2, 0.25) is 0 Å². The fourth-order valence-corrected chi connectivity index (χ4v) is 2.96. The SMILES string of the molecule is CC/C=C1/C(=NCC(O)CN)NC(c2ccc(Br)cc2)=CC1N(C)C. The molecule has 0 saturated carbocycles. The number of hydrogen-bond acceptors (Lipinski definition) is 4. The molecule has 0 aromatic heterocycles. The normalized spacial score (nSPS) is 22.2. The first-order valence-electron chi connectivity index (χ1n) is 8.50. The number of aliphatic hydroxyl groups is 1. The predicted octanol–water partition coefficient (Wildman–Crippen LogP) is 2.38. The number of nitrogens with one attached hydrogen (secondary N) is 1. The quantitative estimate of drug-likeness (QED) is 0.677. The van der Waals surface area contributed by atoms with Crippen molar-refractivity contribution in [3.8, 4) is 0 Å². The average molecular weight is 407 g/mol. The van der Waals surface area contributed by atoms with Crippen molar-refractivity contribution < 1.29 is 5.11 Å². The van der Waals surface area contributed by atoms with Gasteiger partial charge in [0.15, 0.2) is 0 Å². The lowest BCUT2D eigenvalue weighted by Gasteiger charge is -2.32. The van der Waals surface area contributed by atoms with Crippen molar-refractivity contribution in [1.82, 2.24) is 10.2 Å². The zero-order chi connectivity index (χ0) is 18.4. The summed E-state index contributed by atoms with van der Waals surface area (Å²) >= 11 is 3.47. The summed E-state index contributed by atoms with van der Waals surface area (Å²) in [4.78, 5) is 6.77. The third-order valence-electron chi connectivity index (χ3n) is 4.04. The highest BCUT2D eigenvalue weighted by Gasteiger charge is 2.26. The molecule has 1 aliphatic heterocycles. The highest BCUT2D eigenvalue weighted by Crippen LogP contribution is 2.25. The fourth-order valence-electron chi connectivity index (χ4n) is 2.69. The minimum atomic E-state index is -0.628. The van der Waals surface area contributed by atoms with Crippen LogP contribution < -0.4 is 11.1 Å². The van der Waals surface area contributed by atoms with Gasteiger partial charge in [0.25, 0.3) is 0 Å². The van der Waals surface area contributed by atoms with Gasteiger partial charge in [-0.25, -0.2) is 0 Å². The summed E-state index contributed by atoms with van der Waals surface area (Å²) in [6.45, 7) is 2.60. The summed E-state index contributed by atoms with van der Waals surface area (Å²) in [5.41, 5.74) is 8.74. The van der Waals surface area contributed by atoms with Crippen molar-refractivity contribution in [2.45, 2.75) is 25.5 Å². The van der Waals surface area contributed by atoms with Gasteiger partial charge in [-0.05, 0) is 44.3 Å². The number of aliphatic imine (C=N–C) groups is 1. The number of halogens is 1. The van der Waals surface area contributed by atoms with E-state index in [0.717, 1.165) is 33.6 Å². The van der Waals surface area contributed by atoms with Gasteiger partial charge in [-0.1, -0.05) is 41.1 Å². The van der Waals surface area contributed by atoms with Crippen LogP contribution in [-0.2, 0) is 0 Å². The van der Waals surface area contributed by atoms with E-state index in [9.17, 15) is 5.11 Å². The second kappa shape index (κ2) is 9.29. The van der Waals surface area contributed by atoms with Crippen molar-refractivity contribution in [3.05, 3.63) is 52.0 Å². The molecule has 4 N–H and O–H groups in total. The zero-order valence-electron chi connectivity index (χ0n) is 15.0. The summed E-state index contributed by atoms with van der Waals surface area (Å²) in [6.07, 6.45) is 4.68.